The molecule has 0 atom stereocenters. The molecule has 0 amide bonds. The highest BCUT2D eigenvalue weighted by molar-refractivity contribution is 7.45. The molecule has 0 spiro atoms. The van der Waals surface area contributed by atoms with Gasteiger partial charge in [-0.25, -0.2) is 10.8 Å². The number of pyridine rings is 2. The van der Waals surface area contributed by atoms with Crippen molar-refractivity contribution in [2.45, 2.75) is 26.3 Å². The minimum absolute atomic E-state index is 0.283. The van der Waals surface area contributed by atoms with Crippen LogP contribution in [0.4, 0.5) is 5.82 Å². The molecule has 178 valence electrons. The Morgan fingerprint density at radius 2 is 2.09 bits per heavy atom. The van der Waals surface area contributed by atoms with Gasteiger partial charge in [0, 0.05) is 62.4 Å². The average molecular weight is 474 g/mol. The van der Waals surface area contributed by atoms with Gasteiger partial charge in [-0.2, -0.15) is 0 Å². The largest absolute Gasteiger partial charge is 0.401 e. The Morgan fingerprint density at radius 1 is 1.33 bits per heavy atom. The topological polar surface area (TPSA) is 148 Å². The minimum Gasteiger partial charge on any atom is -0.401 e. The molecule has 7 N–H and O–H groups in total. The number of fused-ring (bicyclic) bond motifs is 3. The second kappa shape index (κ2) is 10.2. The Labute approximate surface area is 194 Å². The number of anilines is 1. The highest BCUT2D eigenvalue weighted by Gasteiger charge is 2.21. The molecule has 4 heterocycles. The van der Waals surface area contributed by atoms with Gasteiger partial charge in [0.15, 0.2) is 8.38 Å². The lowest BCUT2D eigenvalue weighted by atomic mass is 10.0. The summed E-state index contributed by atoms with van der Waals surface area (Å²) in [5, 5.41) is 5.67. The molecule has 0 radical (unpaired) electrons. The Kier molecular flexibility index (Phi) is 7.31. The Morgan fingerprint density at radius 3 is 2.76 bits per heavy atom. The molecular formula is C22H32N7O3P. The number of allylic oxidation sites excluding steroid dienone is 1. The fourth-order valence-electron chi connectivity index (χ4n) is 4.41. The molecule has 0 unspecified atom stereocenters. The van der Waals surface area contributed by atoms with Gasteiger partial charge in [-0.05, 0) is 43.9 Å². The van der Waals surface area contributed by atoms with Crippen LogP contribution in [0.15, 0.2) is 30.1 Å². The zero-order valence-electron chi connectivity index (χ0n) is 19.0. The Balaban J connectivity index is 1.82. The van der Waals surface area contributed by atoms with Crippen LogP contribution in [-0.2, 0) is 11.3 Å². The predicted molar refractivity (Wildman–Crippen MR) is 132 cm³/mol. The summed E-state index contributed by atoms with van der Waals surface area (Å²) >= 11 is 0. The van der Waals surface area contributed by atoms with E-state index in [9.17, 15) is 9.79 Å². The molecule has 0 aliphatic carbocycles. The number of hydrogen-bond acceptors (Lipinski definition) is 9. The van der Waals surface area contributed by atoms with Crippen LogP contribution < -0.4 is 16.9 Å². The maximum absolute atomic E-state index is 9.19. The lowest BCUT2D eigenvalue weighted by Crippen LogP contribution is -2.26. The Bertz CT molecular complexity index is 1150. The van der Waals surface area contributed by atoms with Gasteiger partial charge < -0.3 is 35.2 Å². The van der Waals surface area contributed by atoms with Crippen molar-refractivity contribution in [1.29, 1.82) is 0 Å². The Hall–Kier alpha value is -2.49. The number of hydrogen-bond donors (Lipinski definition) is 5. The first-order chi connectivity index (χ1) is 15.8. The molecule has 0 aromatic carbocycles. The van der Waals surface area contributed by atoms with Crippen molar-refractivity contribution >= 4 is 42.0 Å². The van der Waals surface area contributed by atoms with Crippen LogP contribution in [0.25, 0.3) is 27.8 Å². The zero-order chi connectivity index (χ0) is 23.5. The summed E-state index contributed by atoms with van der Waals surface area (Å²) in [5.41, 5.74) is 11.0. The predicted octanol–water partition coefficient (Wildman–Crippen LogP) is 2.17. The molecule has 33 heavy (non-hydrogen) atoms. The van der Waals surface area contributed by atoms with Crippen molar-refractivity contribution in [3.63, 3.8) is 0 Å². The highest BCUT2D eigenvalue weighted by atomic mass is 31.2. The van der Waals surface area contributed by atoms with E-state index >= 15 is 0 Å². The first-order valence-electron chi connectivity index (χ1n) is 11.1. The molecule has 3 aromatic heterocycles. The molecule has 1 fully saturated rings. The first-order valence-corrected chi connectivity index (χ1v) is 12.5. The van der Waals surface area contributed by atoms with Crippen LogP contribution in [0.5, 0.6) is 0 Å². The van der Waals surface area contributed by atoms with Crippen LogP contribution in [0.3, 0.4) is 0 Å². The maximum atomic E-state index is 9.19. The van der Waals surface area contributed by atoms with Crippen molar-refractivity contribution in [1.82, 2.24) is 19.5 Å². The summed E-state index contributed by atoms with van der Waals surface area (Å²) in [6, 6.07) is 5.99. The average Bonchev–Trinajstić information content (AvgIpc) is 3.06. The summed E-state index contributed by atoms with van der Waals surface area (Å²) < 4.78 is 7.78. The van der Waals surface area contributed by atoms with Crippen molar-refractivity contribution in [3.8, 4) is 0 Å². The van der Waals surface area contributed by atoms with Crippen LogP contribution in [0, 0.1) is 5.92 Å². The van der Waals surface area contributed by atoms with Gasteiger partial charge in [-0.15, -0.1) is 0 Å². The van der Waals surface area contributed by atoms with Gasteiger partial charge in [0.05, 0.1) is 16.7 Å². The molecule has 0 bridgehead atoms. The van der Waals surface area contributed by atoms with E-state index < -0.39 is 8.38 Å². The molecular weight excluding hydrogens is 441 g/mol. The van der Waals surface area contributed by atoms with E-state index in [0.717, 1.165) is 65.9 Å². The lowest BCUT2D eigenvalue weighted by molar-refractivity contribution is 0.0619. The fraction of sp³-hybridized carbons (Fsp3) is 0.455. The van der Waals surface area contributed by atoms with Crippen molar-refractivity contribution in [3.05, 3.63) is 35.7 Å². The second-order valence-electron chi connectivity index (χ2n) is 8.49. The van der Waals surface area contributed by atoms with Gasteiger partial charge in [0.1, 0.15) is 11.5 Å². The van der Waals surface area contributed by atoms with E-state index in [2.05, 4.69) is 16.0 Å². The molecule has 11 heteroatoms. The summed E-state index contributed by atoms with van der Waals surface area (Å²) in [6.07, 6.45) is 4.08. The van der Waals surface area contributed by atoms with E-state index in [4.69, 9.17) is 26.3 Å². The standard InChI is InChI=1S/C22H32N7O3P/c1-14(23)21(28(2)24)16-11-18-20(26-12-16)17-3-4-19(25-7-10-33(30)31)27-22(17)29(18)13-15-5-8-32-9-6-15/h3-4,11-12,15,30-31H,5-10,13,23-24H2,1-2H3,(H,25,27)/b21-14-. The van der Waals surface area contributed by atoms with Gasteiger partial charge in [-0.3, -0.25) is 4.98 Å². The summed E-state index contributed by atoms with van der Waals surface area (Å²) in [7, 11) is -0.171. The number of rotatable bonds is 8. The fourth-order valence-corrected chi connectivity index (χ4v) is 4.72. The third-order valence-electron chi connectivity index (χ3n) is 5.94. The molecule has 1 saturated heterocycles. The smallest absolute Gasteiger partial charge is 0.166 e. The monoisotopic (exact) mass is 473 g/mol. The van der Waals surface area contributed by atoms with Crippen molar-refractivity contribution < 1.29 is 14.5 Å². The van der Waals surface area contributed by atoms with E-state index in [0.29, 0.717) is 24.0 Å². The molecule has 3 aromatic rings. The van der Waals surface area contributed by atoms with E-state index in [1.165, 1.54) is 5.01 Å². The van der Waals surface area contributed by atoms with Crippen molar-refractivity contribution in [2.75, 3.05) is 38.3 Å². The van der Waals surface area contributed by atoms with Crippen LogP contribution >= 0.6 is 8.38 Å². The third-order valence-corrected chi connectivity index (χ3v) is 6.57. The third kappa shape index (κ3) is 5.20. The number of ether oxygens (including phenoxy) is 1. The SMILES string of the molecule is C/C(N)=C(\c1cnc2c3ccc(NCCP(O)O)nc3n(CC3CCOCC3)c2c1)N(C)N. The summed E-state index contributed by atoms with van der Waals surface area (Å²) in [4.78, 5) is 28.0. The van der Waals surface area contributed by atoms with Gasteiger partial charge in [0.25, 0.3) is 0 Å². The maximum Gasteiger partial charge on any atom is 0.166 e. The molecule has 1 aliphatic rings. The highest BCUT2D eigenvalue weighted by Crippen LogP contribution is 2.32. The quantitative estimate of drug-likeness (QED) is 0.189. The van der Waals surface area contributed by atoms with Gasteiger partial charge in [-0.1, -0.05) is 0 Å². The second-order valence-corrected chi connectivity index (χ2v) is 9.68. The van der Waals surface area contributed by atoms with Gasteiger partial charge in [0.2, 0.25) is 0 Å². The zero-order valence-corrected chi connectivity index (χ0v) is 19.9. The van der Waals surface area contributed by atoms with E-state index in [1.54, 1.807) is 13.2 Å². The molecule has 10 nitrogen and oxygen atoms in total. The summed E-state index contributed by atoms with van der Waals surface area (Å²) in [6.45, 7) is 4.61. The number of nitrogens with two attached hydrogens (primary N) is 2. The van der Waals surface area contributed by atoms with Crippen LogP contribution in [0.2, 0.25) is 0 Å². The van der Waals surface area contributed by atoms with Crippen molar-refractivity contribution in [2.24, 2.45) is 17.5 Å². The van der Waals surface area contributed by atoms with Gasteiger partial charge >= 0.3 is 0 Å². The number of aromatic nitrogens is 3. The van der Waals surface area contributed by atoms with E-state index in [-0.39, 0.29) is 6.16 Å². The van der Waals surface area contributed by atoms with E-state index in [1.807, 2.05) is 19.1 Å². The summed E-state index contributed by atoms with van der Waals surface area (Å²) in [5.74, 6) is 7.23. The lowest BCUT2D eigenvalue weighted by Gasteiger charge is -2.23. The molecule has 1 aliphatic heterocycles. The molecule has 4 rings (SSSR count). The van der Waals surface area contributed by atoms with Crippen LogP contribution in [0.1, 0.15) is 25.3 Å². The number of nitrogens with one attached hydrogen (secondary N) is 1. The number of nitrogens with zero attached hydrogens (tertiary/aromatic N) is 4. The first kappa shape index (κ1) is 23.7. The van der Waals surface area contributed by atoms with Crippen LogP contribution in [-0.4, -0.2) is 62.3 Å². The minimum atomic E-state index is -1.93. The normalized spacial score (nSPS) is 15.9. The molecule has 0 saturated carbocycles. The number of hydrazine groups is 1.